The molecule has 1 rings (SSSR count). The predicted molar refractivity (Wildman–Crippen MR) is 61.9 cm³/mol. The molecule has 1 heterocycles. The molecular formula is C12H20N2O. The first-order valence-corrected chi connectivity index (χ1v) is 5.44. The van der Waals surface area contributed by atoms with Crippen molar-refractivity contribution < 1.29 is 4.74 Å². The number of methoxy groups -OCH3 is 1. The summed E-state index contributed by atoms with van der Waals surface area (Å²) in [7, 11) is 1.74. The number of pyridine rings is 1. The summed E-state index contributed by atoms with van der Waals surface area (Å²) in [4.78, 5) is 4.32. The van der Waals surface area contributed by atoms with Crippen LogP contribution in [0.2, 0.25) is 0 Å². The summed E-state index contributed by atoms with van der Waals surface area (Å²) in [6.07, 6.45) is 2.94. The van der Waals surface area contributed by atoms with Crippen molar-refractivity contribution in [1.29, 1.82) is 0 Å². The fraction of sp³-hybridized carbons (Fsp3) is 0.583. The van der Waals surface area contributed by atoms with Crippen LogP contribution >= 0.6 is 0 Å². The van der Waals surface area contributed by atoms with Gasteiger partial charge in [-0.05, 0) is 25.6 Å². The van der Waals surface area contributed by atoms with Crippen LogP contribution < -0.4 is 5.32 Å². The molecule has 2 unspecified atom stereocenters. The molecule has 2 atom stereocenters. The molecule has 0 amide bonds. The molecule has 1 N–H and O–H groups in total. The van der Waals surface area contributed by atoms with Crippen LogP contribution in [0.3, 0.4) is 0 Å². The fourth-order valence-electron chi connectivity index (χ4n) is 1.57. The van der Waals surface area contributed by atoms with Crippen LogP contribution in [0.4, 0.5) is 0 Å². The smallest absolute Gasteiger partial charge is 0.0699 e. The molecule has 0 fully saturated rings. The highest BCUT2D eigenvalue weighted by Gasteiger charge is 2.16. The quantitative estimate of drug-likeness (QED) is 0.771. The molecular weight excluding hydrogens is 188 g/mol. The summed E-state index contributed by atoms with van der Waals surface area (Å²) in [5.41, 5.74) is 1.10. The molecule has 0 aliphatic heterocycles. The highest BCUT2D eigenvalue weighted by Crippen LogP contribution is 2.05. The molecule has 0 radical (unpaired) electrons. The van der Waals surface area contributed by atoms with Crippen molar-refractivity contribution in [3.63, 3.8) is 0 Å². The molecule has 84 valence electrons. The number of hydrogen-bond donors (Lipinski definition) is 1. The van der Waals surface area contributed by atoms with Gasteiger partial charge in [0.05, 0.1) is 6.10 Å². The second-order valence-electron chi connectivity index (χ2n) is 3.63. The first-order valence-electron chi connectivity index (χ1n) is 5.44. The van der Waals surface area contributed by atoms with Gasteiger partial charge in [-0.15, -0.1) is 0 Å². The Kier molecular flexibility index (Phi) is 5.29. The largest absolute Gasteiger partial charge is 0.380 e. The van der Waals surface area contributed by atoms with Gasteiger partial charge >= 0.3 is 0 Å². The average molecular weight is 208 g/mol. The molecule has 0 bridgehead atoms. The van der Waals surface area contributed by atoms with E-state index in [1.165, 1.54) is 0 Å². The molecule has 0 spiro atoms. The van der Waals surface area contributed by atoms with E-state index in [0.29, 0.717) is 6.04 Å². The lowest BCUT2D eigenvalue weighted by Gasteiger charge is -2.23. The molecule has 0 aliphatic carbocycles. The van der Waals surface area contributed by atoms with E-state index in [1.54, 1.807) is 7.11 Å². The number of ether oxygens (including phenoxy) is 1. The molecule has 0 aromatic carbocycles. The summed E-state index contributed by atoms with van der Waals surface area (Å²) in [5, 5.41) is 3.42. The summed E-state index contributed by atoms with van der Waals surface area (Å²) in [5.74, 6) is 0. The lowest BCUT2D eigenvalue weighted by Crippen LogP contribution is -2.41. The van der Waals surface area contributed by atoms with Gasteiger partial charge in [0.15, 0.2) is 0 Å². The molecule has 0 saturated carbocycles. The Labute approximate surface area is 91.9 Å². The average Bonchev–Trinajstić information content (AvgIpc) is 2.29. The van der Waals surface area contributed by atoms with E-state index < -0.39 is 0 Å². The Morgan fingerprint density at radius 2 is 2.27 bits per heavy atom. The van der Waals surface area contributed by atoms with Crippen LogP contribution in [0.15, 0.2) is 24.4 Å². The third kappa shape index (κ3) is 3.98. The first kappa shape index (κ1) is 12.1. The lowest BCUT2D eigenvalue weighted by molar-refractivity contribution is 0.0833. The zero-order chi connectivity index (χ0) is 11.1. The van der Waals surface area contributed by atoms with E-state index >= 15 is 0 Å². The van der Waals surface area contributed by atoms with Crippen LogP contribution in [0, 0.1) is 0 Å². The van der Waals surface area contributed by atoms with E-state index in [-0.39, 0.29) is 6.10 Å². The van der Waals surface area contributed by atoms with E-state index in [2.05, 4.69) is 24.1 Å². The van der Waals surface area contributed by atoms with Gasteiger partial charge in [0, 0.05) is 31.5 Å². The first-order chi connectivity index (χ1) is 7.27. The fourth-order valence-corrected chi connectivity index (χ4v) is 1.57. The molecule has 3 heteroatoms. The van der Waals surface area contributed by atoms with Gasteiger partial charge in [-0.25, -0.2) is 0 Å². The van der Waals surface area contributed by atoms with E-state index in [1.807, 2.05) is 24.4 Å². The van der Waals surface area contributed by atoms with Gasteiger partial charge in [-0.2, -0.15) is 0 Å². The van der Waals surface area contributed by atoms with Gasteiger partial charge in [-0.3, -0.25) is 4.98 Å². The zero-order valence-electron chi connectivity index (χ0n) is 9.73. The van der Waals surface area contributed by atoms with Gasteiger partial charge in [0.1, 0.15) is 0 Å². The number of rotatable bonds is 6. The van der Waals surface area contributed by atoms with Crippen LogP contribution in [0.1, 0.15) is 19.5 Å². The van der Waals surface area contributed by atoms with Gasteiger partial charge < -0.3 is 10.1 Å². The van der Waals surface area contributed by atoms with Crippen molar-refractivity contribution in [1.82, 2.24) is 10.3 Å². The van der Waals surface area contributed by atoms with Crippen LogP contribution in [-0.4, -0.2) is 30.8 Å². The predicted octanol–water partition coefficient (Wildman–Crippen LogP) is 1.64. The third-order valence-electron chi connectivity index (χ3n) is 2.56. The zero-order valence-corrected chi connectivity index (χ0v) is 9.73. The molecule has 0 saturated heterocycles. The Bertz CT molecular complexity index is 264. The van der Waals surface area contributed by atoms with Crippen molar-refractivity contribution in [2.45, 2.75) is 32.4 Å². The summed E-state index contributed by atoms with van der Waals surface area (Å²) in [6, 6.07) is 6.33. The molecule has 0 aliphatic rings. The minimum Gasteiger partial charge on any atom is -0.380 e. The van der Waals surface area contributed by atoms with Gasteiger partial charge in [-0.1, -0.05) is 13.0 Å². The topological polar surface area (TPSA) is 34.2 Å². The Morgan fingerprint density at radius 3 is 2.80 bits per heavy atom. The number of likely N-dealkylation sites (N-methyl/N-ethyl adjacent to an activating group) is 1. The van der Waals surface area contributed by atoms with Crippen LogP contribution in [0.5, 0.6) is 0 Å². The van der Waals surface area contributed by atoms with Crippen molar-refractivity contribution >= 4 is 0 Å². The van der Waals surface area contributed by atoms with Crippen LogP contribution in [-0.2, 0) is 11.2 Å². The maximum Gasteiger partial charge on any atom is 0.0699 e. The Hall–Kier alpha value is -0.930. The molecule has 1 aromatic heterocycles. The standard InChI is InChI=1S/C12H20N2O/c1-4-13-12(10(2)15-3)9-11-7-5-6-8-14-11/h5-8,10,12-13H,4,9H2,1-3H3. The Balaban J connectivity index is 2.58. The normalized spacial score (nSPS) is 14.9. The molecule has 1 aromatic rings. The van der Waals surface area contributed by atoms with E-state index in [0.717, 1.165) is 18.7 Å². The highest BCUT2D eigenvalue weighted by atomic mass is 16.5. The minimum absolute atomic E-state index is 0.201. The van der Waals surface area contributed by atoms with Crippen molar-refractivity contribution in [2.75, 3.05) is 13.7 Å². The second-order valence-corrected chi connectivity index (χ2v) is 3.63. The lowest BCUT2D eigenvalue weighted by atomic mass is 10.1. The van der Waals surface area contributed by atoms with Gasteiger partial charge in [0.2, 0.25) is 0 Å². The van der Waals surface area contributed by atoms with Crippen molar-refractivity contribution in [2.24, 2.45) is 0 Å². The number of hydrogen-bond acceptors (Lipinski definition) is 3. The summed E-state index contributed by atoms with van der Waals surface area (Å²) in [6.45, 7) is 5.13. The monoisotopic (exact) mass is 208 g/mol. The maximum atomic E-state index is 5.35. The number of aromatic nitrogens is 1. The molecule has 15 heavy (non-hydrogen) atoms. The number of nitrogens with one attached hydrogen (secondary N) is 1. The van der Waals surface area contributed by atoms with Crippen molar-refractivity contribution in [3.05, 3.63) is 30.1 Å². The van der Waals surface area contributed by atoms with Crippen LogP contribution in [0.25, 0.3) is 0 Å². The molecule has 3 nitrogen and oxygen atoms in total. The number of nitrogens with zero attached hydrogens (tertiary/aromatic N) is 1. The van der Waals surface area contributed by atoms with Crippen molar-refractivity contribution in [3.8, 4) is 0 Å². The second kappa shape index (κ2) is 6.53. The SMILES string of the molecule is CCNC(Cc1ccccn1)C(C)OC. The third-order valence-corrected chi connectivity index (χ3v) is 2.56. The maximum absolute atomic E-state index is 5.35. The highest BCUT2D eigenvalue weighted by molar-refractivity contribution is 5.05. The van der Waals surface area contributed by atoms with E-state index in [4.69, 9.17) is 4.74 Å². The summed E-state index contributed by atoms with van der Waals surface area (Å²) >= 11 is 0. The minimum atomic E-state index is 0.201. The van der Waals surface area contributed by atoms with E-state index in [9.17, 15) is 0 Å². The Morgan fingerprint density at radius 1 is 1.47 bits per heavy atom. The summed E-state index contributed by atoms with van der Waals surface area (Å²) < 4.78 is 5.35. The van der Waals surface area contributed by atoms with Gasteiger partial charge in [0.25, 0.3) is 0 Å².